The van der Waals surface area contributed by atoms with Gasteiger partial charge >= 0.3 is 6.03 Å². The number of fused-ring (bicyclic) bond motifs is 1. The molecule has 0 aromatic carbocycles. The van der Waals surface area contributed by atoms with Crippen LogP contribution in [-0.2, 0) is 5.54 Å². The van der Waals surface area contributed by atoms with Crippen LogP contribution in [0.15, 0.2) is 4.79 Å². The molecule has 0 bridgehead atoms. The van der Waals surface area contributed by atoms with E-state index in [1.54, 1.807) is 0 Å². The molecule has 0 radical (unpaired) electrons. The van der Waals surface area contributed by atoms with Crippen LogP contribution in [0.1, 0.15) is 18.7 Å². The van der Waals surface area contributed by atoms with Crippen LogP contribution in [0.2, 0.25) is 0 Å². The lowest BCUT2D eigenvalue weighted by Crippen LogP contribution is -2.47. The topological polar surface area (TPSA) is 58.2 Å². The minimum atomic E-state index is -0.429. The highest BCUT2D eigenvalue weighted by molar-refractivity contribution is 7.68. The molecule has 2 amide bonds. The van der Waals surface area contributed by atoms with Gasteiger partial charge in [0.05, 0.1) is 10.4 Å². The molecule has 1 aromatic rings. The Kier molecular flexibility index (Phi) is 1.71. The molecule has 0 saturated heterocycles. The first-order valence-electron chi connectivity index (χ1n) is 3.73. The molecular formula is C7H8N2O2S2. The highest BCUT2D eigenvalue weighted by Crippen LogP contribution is 2.34. The molecule has 0 unspecified atom stereocenters. The summed E-state index contributed by atoms with van der Waals surface area (Å²) in [6, 6.07) is -0.305. The lowest BCUT2D eigenvalue weighted by molar-refractivity contribution is 0.240. The third-order valence-corrected chi connectivity index (χ3v) is 4.39. The van der Waals surface area contributed by atoms with Crippen molar-refractivity contribution in [3.63, 3.8) is 0 Å². The van der Waals surface area contributed by atoms with Gasteiger partial charge in [-0.2, -0.15) is 0 Å². The molecule has 2 heterocycles. The number of urea groups is 1. The normalized spacial score (nSPS) is 18.8. The third kappa shape index (κ3) is 1.26. The van der Waals surface area contributed by atoms with E-state index in [0.29, 0.717) is 5.69 Å². The summed E-state index contributed by atoms with van der Waals surface area (Å²) in [6.45, 7) is 3.76. The summed E-state index contributed by atoms with van der Waals surface area (Å²) >= 11 is 0. The molecule has 6 heteroatoms. The van der Waals surface area contributed by atoms with Gasteiger partial charge in [0.2, 0.25) is 0 Å². The van der Waals surface area contributed by atoms with E-state index in [4.69, 9.17) is 0 Å². The molecule has 1 aromatic heterocycles. The van der Waals surface area contributed by atoms with E-state index in [1.807, 2.05) is 13.8 Å². The maximum atomic E-state index is 11.3. The molecule has 2 rings (SSSR count). The Labute approximate surface area is 82.0 Å². The Morgan fingerprint density at radius 3 is 2.62 bits per heavy atom. The highest BCUT2D eigenvalue weighted by Gasteiger charge is 2.34. The molecule has 0 saturated carbocycles. The largest absolute Gasteiger partial charge is 0.328 e. The van der Waals surface area contributed by atoms with Gasteiger partial charge in [0.15, 0.2) is 0 Å². The molecule has 70 valence electrons. The van der Waals surface area contributed by atoms with Gasteiger partial charge in [-0.3, -0.25) is 4.79 Å². The van der Waals surface area contributed by atoms with E-state index in [1.165, 1.54) is 10.3 Å². The van der Waals surface area contributed by atoms with Gasteiger partial charge in [-0.15, -0.1) is 0 Å². The number of carbonyl (C=O) groups is 1. The first-order valence-corrected chi connectivity index (χ1v) is 5.88. The number of hydrogen-bond donors (Lipinski definition) is 2. The third-order valence-electron chi connectivity index (χ3n) is 1.86. The Hall–Kier alpha value is -0.880. The van der Waals surface area contributed by atoms with Crippen LogP contribution in [0.3, 0.4) is 0 Å². The van der Waals surface area contributed by atoms with Crippen molar-refractivity contribution in [1.82, 2.24) is 5.32 Å². The zero-order valence-corrected chi connectivity index (χ0v) is 8.77. The highest BCUT2D eigenvalue weighted by atomic mass is 32.9. The maximum Gasteiger partial charge on any atom is 0.320 e. The van der Waals surface area contributed by atoms with Crippen molar-refractivity contribution in [1.29, 1.82) is 0 Å². The van der Waals surface area contributed by atoms with Crippen LogP contribution < -0.4 is 15.4 Å². The number of nitrogens with one attached hydrogen (secondary N) is 2. The zero-order chi connectivity index (χ0) is 9.64. The van der Waals surface area contributed by atoms with E-state index in [9.17, 15) is 9.59 Å². The second-order valence-corrected chi connectivity index (χ2v) is 5.47. The summed E-state index contributed by atoms with van der Waals surface area (Å²) < 4.78 is -0.0667. The van der Waals surface area contributed by atoms with Gasteiger partial charge in [0.1, 0.15) is 5.69 Å². The predicted molar refractivity (Wildman–Crippen MR) is 53.6 cm³/mol. The van der Waals surface area contributed by atoms with E-state index >= 15 is 0 Å². The first kappa shape index (κ1) is 8.71. The zero-order valence-electron chi connectivity index (χ0n) is 7.13. The standard InChI is InChI=1S/C7H8N2O2S2/c1-7(2)4-3(5(10)13-12-4)8-6(11)9-7/h1-2H3,(H2,8,9,11). The molecule has 0 atom stereocenters. The monoisotopic (exact) mass is 216 g/mol. The van der Waals surface area contributed by atoms with Crippen molar-refractivity contribution in [2.24, 2.45) is 0 Å². The first-order chi connectivity index (χ1) is 6.00. The Morgan fingerprint density at radius 1 is 1.23 bits per heavy atom. The fraction of sp³-hybridized carbons (Fsp3) is 0.429. The molecule has 0 aliphatic carbocycles. The Morgan fingerprint density at radius 2 is 1.92 bits per heavy atom. The fourth-order valence-corrected chi connectivity index (χ4v) is 3.81. The smallest absolute Gasteiger partial charge is 0.320 e. The number of anilines is 1. The summed E-state index contributed by atoms with van der Waals surface area (Å²) in [6.07, 6.45) is 0. The van der Waals surface area contributed by atoms with Crippen LogP contribution in [0.5, 0.6) is 0 Å². The minimum absolute atomic E-state index is 0.0667. The van der Waals surface area contributed by atoms with Crippen molar-refractivity contribution in [2.75, 3.05) is 5.32 Å². The molecule has 1 aliphatic heterocycles. The van der Waals surface area contributed by atoms with E-state index in [0.717, 1.165) is 15.2 Å². The van der Waals surface area contributed by atoms with Gasteiger partial charge in [-0.25, -0.2) is 4.79 Å². The minimum Gasteiger partial charge on any atom is -0.328 e. The molecule has 0 fully saturated rings. The van der Waals surface area contributed by atoms with Gasteiger partial charge in [-0.05, 0) is 24.2 Å². The van der Waals surface area contributed by atoms with E-state index < -0.39 is 5.54 Å². The van der Waals surface area contributed by atoms with Gasteiger partial charge in [0.25, 0.3) is 4.74 Å². The Balaban J connectivity index is 2.64. The lowest BCUT2D eigenvalue weighted by Gasteiger charge is -2.30. The van der Waals surface area contributed by atoms with Crippen LogP contribution in [-0.4, -0.2) is 6.03 Å². The predicted octanol–water partition coefficient (Wildman–Crippen LogP) is 1.54. The summed E-state index contributed by atoms with van der Waals surface area (Å²) in [7, 11) is 2.57. The summed E-state index contributed by atoms with van der Waals surface area (Å²) in [4.78, 5) is 23.3. The molecule has 1 aliphatic rings. The second-order valence-electron chi connectivity index (χ2n) is 3.36. The van der Waals surface area contributed by atoms with Crippen LogP contribution >= 0.6 is 20.7 Å². The van der Waals surface area contributed by atoms with Crippen molar-refractivity contribution < 1.29 is 4.79 Å². The number of hydrogen-bond acceptors (Lipinski definition) is 4. The van der Waals surface area contributed by atoms with Crippen molar-refractivity contribution in [2.45, 2.75) is 19.4 Å². The van der Waals surface area contributed by atoms with Gasteiger partial charge < -0.3 is 10.6 Å². The van der Waals surface area contributed by atoms with Crippen molar-refractivity contribution in [3.05, 3.63) is 14.4 Å². The average Bonchev–Trinajstić information content (AvgIpc) is 2.31. The summed E-state index contributed by atoms with van der Waals surface area (Å²) in [5.41, 5.74) is 0.0188. The molecule has 4 nitrogen and oxygen atoms in total. The number of amides is 2. The lowest BCUT2D eigenvalue weighted by atomic mass is 10.0. The molecule has 0 spiro atoms. The van der Waals surface area contributed by atoms with E-state index in [2.05, 4.69) is 10.6 Å². The van der Waals surface area contributed by atoms with Crippen molar-refractivity contribution in [3.8, 4) is 0 Å². The number of rotatable bonds is 0. The number of carbonyl (C=O) groups excluding carboxylic acids is 1. The van der Waals surface area contributed by atoms with Gasteiger partial charge in [-0.1, -0.05) is 10.3 Å². The molecule has 2 N–H and O–H groups in total. The molecular weight excluding hydrogens is 208 g/mol. The Bertz CT molecular complexity index is 418. The fourth-order valence-electron chi connectivity index (χ4n) is 1.27. The molecule has 13 heavy (non-hydrogen) atoms. The second kappa shape index (κ2) is 2.55. The SMILES string of the molecule is CC1(C)NC(=O)Nc2c1ssc2=O. The van der Waals surface area contributed by atoms with Gasteiger partial charge in [0, 0.05) is 0 Å². The maximum absolute atomic E-state index is 11.3. The average molecular weight is 216 g/mol. The summed E-state index contributed by atoms with van der Waals surface area (Å²) in [5, 5.41) is 5.28. The van der Waals surface area contributed by atoms with Crippen molar-refractivity contribution >= 4 is 32.4 Å². The van der Waals surface area contributed by atoms with Crippen LogP contribution in [0.25, 0.3) is 0 Å². The van der Waals surface area contributed by atoms with E-state index in [-0.39, 0.29) is 10.8 Å². The van der Waals surface area contributed by atoms with Crippen LogP contribution in [0, 0.1) is 0 Å². The quantitative estimate of drug-likeness (QED) is 0.646. The summed E-state index contributed by atoms with van der Waals surface area (Å²) in [5.74, 6) is 0. The van der Waals surface area contributed by atoms with Crippen LogP contribution in [0.4, 0.5) is 10.5 Å².